The molecule has 2 unspecified atom stereocenters. The Hall–Kier alpha value is -1.06. The maximum atomic E-state index is 12.8. The van der Waals surface area contributed by atoms with Gasteiger partial charge in [-0.1, -0.05) is 40.0 Å². The third-order valence-electron chi connectivity index (χ3n) is 4.92. The Morgan fingerprint density at radius 1 is 1.14 bits per heavy atom. The molecule has 1 heterocycles. The van der Waals surface area contributed by atoms with Gasteiger partial charge in [0.2, 0.25) is 11.8 Å². The van der Waals surface area contributed by atoms with Crippen molar-refractivity contribution in [2.24, 2.45) is 11.3 Å². The van der Waals surface area contributed by atoms with Gasteiger partial charge in [0.05, 0.1) is 0 Å². The zero-order valence-corrected chi connectivity index (χ0v) is 13.9. The minimum atomic E-state index is -0.334. The minimum absolute atomic E-state index is 0.0130. The predicted molar refractivity (Wildman–Crippen MR) is 83.8 cm³/mol. The standard InChI is InChI=1S/C17H30N2O2/c1-12-15(20)18-14(13-8-6-5-7-9-13)16(21)19(12)11-10-17(2,3)4/h12-14H,5-11H2,1-4H3,(H,18,20). The summed E-state index contributed by atoms with van der Waals surface area (Å²) >= 11 is 0. The average Bonchev–Trinajstić information content (AvgIpc) is 2.42. The van der Waals surface area contributed by atoms with Gasteiger partial charge in [-0.2, -0.15) is 0 Å². The Labute approximate surface area is 128 Å². The molecule has 0 aromatic heterocycles. The van der Waals surface area contributed by atoms with Gasteiger partial charge >= 0.3 is 0 Å². The number of hydrogen-bond donors (Lipinski definition) is 1. The van der Waals surface area contributed by atoms with E-state index in [-0.39, 0.29) is 29.3 Å². The Morgan fingerprint density at radius 3 is 2.33 bits per heavy atom. The van der Waals surface area contributed by atoms with Crippen LogP contribution in [0.4, 0.5) is 0 Å². The van der Waals surface area contributed by atoms with E-state index in [2.05, 4.69) is 26.1 Å². The van der Waals surface area contributed by atoms with Crippen molar-refractivity contribution in [2.75, 3.05) is 6.54 Å². The highest BCUT2D eigenvalue weighted by Crippen LogP contribution is 2.30. The molecule has 2 amide bonds. The van der Waals surface area contributed by atoms with Gasteiger partial charge in [0.25, 0.3) is 0 Å². The molecule has 1 saturated carbocycles. The molecule has 1 N–H and O–H groups in total. The molecule has 2 aliphatic rings. The van der Waals surface area contributed by atoms with Crippen molar-refractivity contribution >= 4 is 11.8 Å². The highest BCUT2D eigenvalue weighted by atomic mass is 16.2. The number of nitrogens with zero attached hydrogens (tertiary/aromatic N) is 1. The van der Waals surface area contributed by atoms with E-state index in [0.717, 1.165) is 19.3 Å². The summed E-state index contributed by atoms with van der Waals surface area (Å²) in [5, 5.41) is 2.98. The fraction of sp³-hybridized carbons (Fsp3) is 0.882. The Morgan fingerprint density at radius 2 is 1.76 bits per heavy atom. The zero-order valence-electron chi connectivity index (χ0n) is 13.9. The Kier molecular flexibility index (Phi) is 4.95. The molecule has 120 valence electrons. The van der Waals surface area contributed by atoms with E-state index in [1.165, 1.54) is 19.3 Å². The second-order valence-electron chi connectivity index (χ2n) is 7.90. The number of piperazine rings is 1. The van der Waals surface area contributed by atoms with Crippen molar-refractivity contribution in [1.29, 1.82) is 0 Å². The molecule has 2 atom stereocenters. The summed E-state index contributed by atoms with van der Waals surface area (Å²) in [5.74, 6) is 0.483. The monoisotopic (exact) mass is 294 g/mol. The van der Waals surface area contributed by atoms with Crippen molar-refractivity contribution in [3.8, 4) is 0 Å². The van der Waals surface area contributed by atoms with Gasteiger partial charge in [-0.15, -0.1) is 0 Å². The van der Waals surface area contributed by atoms with Gasteiger partial charge in [-0.3, -0.25) is 9.59 Å². The smallest absolute Gasteiger partial charge is 0.246 e. The van der Waals surface area contributed by atoms with E-state index >= 15 is 0 Å². The molecular formula is C17H30N2O2. The topological polar surface area (TPSA) is 49.4 Å². The minimum Gasteiger partial charge on any atom is -0.342 e. The van der Waals surface area contributed by atoms with Crippen LogP contribution in [0.15, 0.2) is 0 Å². The van der Waals surface area contributed by atoms with Gasteiger partial charge < -0.3 is 10.2 Å². The van der Waals surface area contributed by atoms with Crippen molar-refractivity contribution in [1.82, 2.24) is 10.2 Å². The lowest BCUT2D eigenvalue weighted by molar-refractivity contribution is -0.151. The Bertz CT molecular complexity index is 394. The van der Waals surface area contributed by atoms with Crippen LogP contribution in [0.3, 0.4) is 0 Å². The predicted octanol–water partition coefficient (Wildman–Crippen LogP) is 2.72. The van der Waals surface area contributed by atoms with Crippen LogP contribution in [-0.2, 0) is 9.59 Å². The summed E-state index contributed by atoms with van der Waals surface area (Å²) in [7, 11) is 0. The fourth-order valence-corrected chi connectivity index (χ4v) is 3.39. The van der Waals surface area contributed by atoms with E-state index in [1.807, 2.05) is 11.8 Å². The van der Waals surface area contributed by atoms with Crippen LogP contribution in [-0.4, -0.2) is 35.3 Å². The maximum absolute atomic E-state index is 12.8. The molecule has 1 aliphatic carbocycles. The SMILES string of the molecule is CC1C(=O)NC(C2CCCCC2)C(=O)N1CCC(C)(C)C. The molecule has 2 fully saturated rings. The van der Waals surface area contributed by atoms with Gasteiger partial charge in [0, 0.05) is 6.54 Å². The van der Waals surface area contributed by atoms with Gasteiger partial charge in [-0.05, 0) is 37.5 Å². The third kappa shape index (κ3) is 3.98. The molecule has 4 heteroatoms. The summed E-state index contributed by atoms with van der Waals surface area (Å²) in [6.45, 7) is 9.04. The van der Waals surface area contributed by atoms with Crippen LogP contribution in [0.25, 0.3) is 0 Å². The summed E-state index contributed by atoms with van der Waals surface area (Å²) in [4.78, 5) is 26.8. The summed E-state index contributed by atoms with van der Waals surface area (Å²) in [6.07, 6.45) is 6.68. The number of carbonyl (C=O) groups is 2. The Balaban J connectivity index is 2.07. The first kappa shape index (κ1) is 16.3. The van der Waals surface area contributed by atoms with E-state index in [1.54, 1.807) is 0 Å². The van der Waals surface area contributed by atoms with Crippen LogP contribution in [0.1, 0.15) is 66.2 Å². The molecule has 4 nitrogen and oxygen atoms in total. The molecule has 0 spiro atoms. The van der Waals surface area contributed by atoms with Gasteiger partial charge in [0.15, 0.2) is 0 Å². The molecule has 21 heavy (non-hydrogen) atoms. The van der Waals surface area contributed by atoms with Gasteiger partial charge in [0.1, 0.15) is 12.1 Å². The van der Waals surface area contributed by atoms with Crippen molar-refractivity contribution in [3.05, 3.63) is 0 Å². The second-order valence-corrected chi connectivity index (χ2v) is 7.90. The van der Waals surface area contributed by atoms with Crippen molar-refractivity contribution < 1.29 is 9.59 Å². The first-order valence-corrected chi connectivity index (χ1v) is 8.40. The molecule has 2 rings (SSSR count). The van der Waals surface area contributed by atoms with Crippen molar-refractivity contribution in [2.45, 2.75) is 78.3 Å². The highest BCUT2D eigenvalue weighted by molar-refractivity contribution is 5.96. The quantitative estimate of drug-likeness (QED) is 0.870. The van der Waals surface area contributed by atoms with Crippen LogP contribution in [0.2, 0.25) is 0 Å². The number of rotatable bonds is 3. The first-order valence-electron chi connectivity index (χ1n) is 8.40. The van der Waals surface area contributed by atoms with Crippen molar-refractivity contribution in [3.63, 3.8) is 0 Å². The maximum Gasteiger partial charge on any atom is 0.246 e. The van der Waals surface area contributed by atoms with Crippen LogP contribution >= 0.6 is 0 Å². The molecule has 0 radical (unpaired) electrons. The number of amides is 2. The molecule has 0 aromatic carbocycles. The summed E-state index contributed by atoms with van der Waals surface area (Å²) in [6, 6.07) is -0.617. The molecule has 1 aliphatic heterocycles. The third-order valence-corrected chi connectivity index (χ3v) is 4.92. The lowest BCUT2D eigenvalue weighted by Gasteiger charge is -2.42. The first-order chi connectivity index (χ1) is 9.79. The van der Waals surface area contributed by atoms with E-state index in [9.17, 15) is 9.59 Å². The number of nitrogens with one attached hydrogen (secondary N) is 1. The lowest BCUT2D eigenvalue weighted by Crippen LogP contribution is -2.64. The average molecular weight is 294 g/mol. The van der Waals surface area contributed by atoms with Crippen LogP contribution < -0.4 is 5.32 Å². The lowest BCUT2D eigenvalue weighted by atomic mass is 9.82. The number of carbonyl (C=O) groups excluding carboxylic acids is 2. The highest BCUT2D eigenvalue weighted by Gasteiger charge is 2.41. The van der Waals surface area contributed by atoms with E-state index < -0.39 is 0 Å². The molecule has 0 aromatic rings. The molecule has 0 bridgehead atoms. The van der Waals surface area contributed by atoms with E-state index in [4.69, 9.17) is 0 Å². The molecule has 1 saturated heterocycles. The normalized spacial score (nSPS) is 28.7. The zero-order chi connectivity index (χ0) is 15.6. The van der Waals surface area contributed by atoms with Gasteiger partial charge in [-0.25, -0.2) is 0 Å². The second kappa shape index (κ2) is 6.37. The van der Waals surface area contributed by atoms with Crippen LogP contribution in [0, 0.1) is 11.3 Å². The summed E-state index contributed by atoms with van der Waals surface area (Å²) in [5.41, 5.74) is 0.175. The van der Waals surface area contributed by atoms with E-state index in [0.29, 0.717) is 12.5 Å². The largest absolute Gasteiger partial charge is 0.342 e. The fourth-order valence-electron chi connectivity index (χ4n) is 3.39. The number of hydrogen-bond acceptors (Lipinski definition) is 2. The van der Waals surface area contributed by atoms with Crippen LogP contribution in [0.5, 0.6) is 0 Å². The summed E-state index contributed by atoms with van der Waals surface area (Å²) < 4.78 is 0. The molecular weight excluding hydrogens is 264 g/mol.